The number of carbonyl (C=O) groups excluding carboxylic acids is 1. The smallest absolute Gasteiger partial charge is 0.341 e. The Morgan fingerprint density at radius 2 is 2.14 bits per heavy atom. The Morgan fingerprint density at radius 1 is 1.43 bits per heavy atom. The normalized spacial score (nSPS) is 9.93. The van der Waals surface area contributed by atoms with E-state index in [1.807, 2.05) is 6.92 Å². The average molecular weight is 196 g/mol. The van der Waals surface area contributed by atoms with Gasteiger partial charge in [-0.3, -0.25) is 0 Å². The molecule has 1 rings (SSSR count). The molecule has 2 nitrogen and oxygen atoms in total. The van der Waals surface area contributed by atoms with Gasteiger partial charge >= 0.3 is 5.97 Å². The average Bonchev–Trinajstić information content (AvgIpc) is 2.17. The summed E-state index contributed by atoms with van der Waals surface area (Å²) in [5.74, 6) is -1.12. The number of rotatable bonds is 3. The summed E-state index contributed by atoms with van der Waals surface area (Å²) in [6.07, 6.45) is 0.750. The minimum atomic E-state index is -0.604. The second-order valence-electron chi connectivity index (χ2n) is 2.89. The first-order valence-electron chi connectivity index (χ1n) is 4.64. The third-order valence-corrected chi connectivity index (χ3v) is 1.94. The van der Waals surface area contributed by atoms with Crippen molar-refractivity contribution in [3.05, 3.63) is 35.1 Å². The van der Waals surface area contributed by atoms with Gasteiger partial charge in [-0.15, -0.1) is 0 Å². The first-order valence-corrected chi connectivity index (χ1v) is 4.64. The molecule has 1 aromatic rings. The van der Waals surface area contributed by atoms with Gasteiger partial charge in [-0.05, 0) is 31.0 Å². The van der Waals surface area contributed by atoms with Gasteiger partial charge < -0.3 is 4.74 Å². The lowest BCUT2D eigenvalue weighted by molar-refractivity contribution is 0.0521. The van der Waals surface area contributed by atoms with Crippen molar-refractivity contribution in [3.8, 4) is 0 Å². The van der Waals surface area contributed by atoms with Crippen LogP contribution in [0.2, 0.25) is 0 Å². The molecule has 0 aromatic heterocycles. The Bertz CT molecular complexity index is 334. The van der Waals surface area contributed by atoms with Crippen LogP contribution in [-0.2, 0) is 11.2 Å². The molecule has 0 aliphatic heterocycles. The van der Waals surface area contributed by atoms with Crippen molar-refractivity contribution in [2.24, 2.45) is 0 Å². The maximum absolute atomic E-state index is 13.3. The molecule has 1 aromatic carbocycles. The Hall–Kier alpha value is -1.38. The molecule has 0 fully saturated rings. The Balaban J connectivity index is 2.94. The Morgan fingerprint density at radius 3 is 2.64 bits per heavy atom. The van der Waals surface area contributed by atoms with Gasteiger partial charge in [0.15, 0.2) is 0 Å². The van der Waals surface area contributed by atoms with Gasteiger partial charge in [0.2, 0.25) is 0 Å². The van der Waals surface area contributed by atoms with E-state index in [1.165, 1.54) is 12.1 Å². The molecule has 0 saturated heterocycles. The molecule has 0 unspecified atom stereocenters. The zero-order chi connectivity index (χ0) is 10.6. The molecule has 0 spiro atoms. The predicted octanol–water partition coefficient (Wildman–Crippen LogP) is 2.56. The van der Waals surface area contributed by atoms with Gasteiger partial charge in [0.05, 0.1) is 12.2 Å². The van der Waals surface area contributed by atoms with Crippen molar-refractivity contribution in [3.63, 3.8) is 0 Å². The third-order valence-electron chi connectivity index (χ3n) is 1.94. The number of hydrogen-bond donors (Lipinski definition) is 0. The topological polar surface area (TPSA) is 26.3 Å². The molecular formula is C11H13FO2. The van der Waals surface area contributed by atoms with Crippen molar-refractivity contribution in [1.29, 1.82) is 0 Å². The highest BCUT2D eigenvalue weighted by atomic mass is 19.1. The van der Waals surface area contributed by atoms with Crippen molar-refractivity contribution in [1.82, 2.24) is 0 Å². The molecule has 0 atom stereocenters. The zero-order valence-corrected chi connectivity index (χ0v) is 8.34. The summed E-state index contributed by atoms with van der Waals surface area (Å²) in [7, 11) is 0. The van der Waals surface area contributed by atoms with Crippen LogP contribution in [0.25, 0.3) is 0 Å². The molecule has 76 valence electrons. The molecule has 0 bridgehead atoms. The van der Waals surface area contributed by atoms with E-state index < -0.39 is 11.8 Å². The summed E-state index contributed by atoms with van der Waals surface area (Å²) in [6.45, 7) is 3.88. The summed E-state index contributed by atoms with van der Waals surface area (Å²) >= 11 is 0. The van der Waals surface area contributed by atoms with E-state index in [0.29, 0.717) is 0 Å². The third kappa shape index (κ3) is 2.31. The molecule has 14 heavy (non-hydrogen) atoms. The summed E-state index contributed by atoms with van der Waals surface area (Å²) in [6, 6.07) is 4.56. The molecule has 0 radical (unpaired) electrons. The number of benzene rings is 1. The largest absolute Gasteiger partial charge is 0.462 e. The van der Waals surface area contributed by atoms with Crippen LogP contribution in [0.3, 0.4) is 0 Å². The Labute approximate surface area is 82.7 Å². The van der Waals surface area contributed by atoms with Gasteiger partial charge in [0.1, 0.15) is 5.82 Å². The molecule has 0 aliphatic carbocycles. The molecule has 0 amide bonds. The van der Waals surface area contributed by atoms with E-state index in [4.69, 9.17) is 4.74 Å². The summed E-state index contributed by atoms with van der Waals surface area (Å²) in [5.41, 5.74) is 0.875. The molecule has 0 heterocycles. The van der Waals surface area contributed by atoms with Crippen LogP contribution in [0.4, 0.5) is 4.39 Å². The van der Waals surface area contributed by atoms with Crippen LogP contribution in [0.1, 0.15) is 29.8 Å². The number of esters is 1. The maximum Gasteiger partial charge on any atom is 0.341 e. The molecule has 0 aliphatic rings. The molecule has 3 heteroatoms. The molecule has 0 saturated carbocycles. The standard InChI is InChI=1S/C11H13FO2/c1-3-8-5-6-9(10(12)7-8)11(13)14-4-2/h5-7H,3-4H2,1-2H3. The predicted molar refractivity (Wildman–Crippen MR) is 51.7 cm³/mol. The van der Waals surface area contributed by atoms with Gasteiger partial charge in [-0.2, -0.15) is 0 Å². The van der Waals surface area contributed by atoms with E-state index in [9.17, 15) is 9.18 Å². The van der Waals surface area contributed by atoms with Gasteiger partial charge in [-0.25, -0.2) is 9.18 Å². The zero-order valence-electron chi connectivity index (χ0n) is 8.34. The van der Waals surface area contributed by atoms with Gasteiger partial charge in [0, 0.05) is 0 Å². The number of aryl methyl sites for hydroxylation is 1. The van der Waals surface area contributed by atoms with Crippen molar-refractivity contribution >= 4 is 5.97 Å². The van der Waals surface area contributed by atoms with E-state index in [1.54, 1.807) is 13.0 Å². The Kier molecular flexibility index (Phi) is 3.63. The van der Waals surface area contributed by atoms with Crippen molar-refractivity contribution in [2.75, 3.05) is 6.61 Å². The van der Waals surface area contributed by atoms with Crippen LogP contribution in [0.5, 0.6) is 0 Å². The summed E-state index contributed by atoms with van der Waals surface area (Å²) < 4.78 is 18.0. The number of hydrogen-bond acceptors (Lipinski definition) is 2. The van der Waals surface area contributed by atoms with Crippen LogP contribution < -0.4 is 0 Å². The summed E-state index contributed by atoms with van der Waals surface area (Å²) in [4.78, 5) is 11.2. The monoisotopic (exact) mass is 196 g/mol. The van der Waals surface area contributed by atoms with E-state index >= 15 is 0 Å². The highest BCUT2D eigenvalue weighted by Crippen LogP contribution is 2.12. The highest BCUT2D eigenvalue weighted by Gasteiger charge is 2.12. The van der Waals surface area contributed by atoms with E-state index in [0.717, 1.165) is 12.0 Å². The quantitative estimate of drug-likeness (QED) is 0.694. The highest BCUT2D eigenvalue weighted by molar-refractivity contribution is 5.89. The second-order valence-corrected chi connectivity index (χ2v) is 2.89. The lowest BCUT2D eigenvalue weighted by Crippen LogP contribution is -2.07. The number of carbonyl (C=O) groups is 1. The van der Waals surface area contributed by atoms with Crippen LogP contribution in [0, 0.1) is 5.82 Å². The van der Waals surface area contributed by atoms with Crippen molar-refractivity contribution in [2.45, 2.75) is 20.3 Å². The fourth-order valence-corrected chi connectivity index (χ4v) is 1.15. The SMILES string of the molecule is CCOC(=O)c1ccc(CC)cc1F. The summed E-state index contributed by atoms with van der Waals surface area (Å²) in [5, 5.41) is 0. The molecular weight excluding hydrogens is 183 g/mol. The van der Waals surface area contributed by atoms with E-state index in [2.05, 4.69) is 0 Å². The first-order chi connectivity index (χ1) is 6.69. The fraction of sp³-hybridized carbons (Fsp3) is 0.364. The number of ether oxygens (including phenoxy) is 1. The van der Waals surface area contributed by atoms with Crippen LogP contribution >= 0.6 is 0 Å². The van der Waals surface area contributed by atoms with Crippen molar-refractivity contribution < 1.29 is 13.9 Å². The van der Waals surface area contributed by atoms with Gasteiger partial charge in [0.25, 0.3) is 0 Å². The molecule has 0 N–H and O–H groups in total. The number of halogens is 1. The van der Waals surface area contributed by atoms with Crippen LogP contribution in [-0.4, -0.2) is 12.6 Å². The fourth-order valence-electron chi connectivity index (χ4n) is 1.15. The van der Waals surface area contributed by atoms with E-state index in [-0.39, 0.29) is 12.2 Å². The maximum atomic E-state index is 13.3. The first kappa shape index (κ1) is 10.7. The lowest BCUT2D eigenvalue weighted by Gasteiger charge is -2.04. The lowest BCUT2D eigenvalue weighted by atomic mass is 10.1. The second kappa shape index (κ2) is 4.74. The minimum Gasteiger partial charge on any atom is -0.462 e. The van der Waals surface area contributed by atoms with Gasteiger partial charge in [-0.1, -0.05) is 13.0 Å². The minimum absolute atomic E-state index is 0.00375. The van der Waals surface area contributed by atoms with Crippen LogP contribution in [0.15, 0.2) is 18.2 Å².